The molecule has 4 heteroatoms. The van der Waals surface area contributed by atoms with E-state index in [4.69, 9.17) is 4.74 Å². The zero-order valence-electron chi connectivity index (χ0n) is 9.96. The van der Waals surface area contributed by atoms with E-state index in [-0.39, 0.29) is 11.3 Å². The molecule has 0 unspecified atom stereocenters. The largest absolute Gasteiger partial charge is 0.504 e. The SMILES string of the molecule is CCOc1ccc(-c2cccnc2)c(C=O)c1O. The molecule has 0 radical (unpaired) electrons. The Bertz CT molecular complexity index is 552. The molecule has 1 aromatic heterocycles. The third-order valence-corrected chi connectivity index (χ3v) is 2.57. The zero-order valence-corrected chi connectivity index (χ0v) is 9.96. The van der Waals surface area contributed by atoms with Crippen molar-refractivity contribution in [3.05, 3.63) is 42.2 Å². The minimum absolute atomic E-state index is 0.131. The van der Waals surface area contributed by atoms with Crippen LogP contribution in [-0.2, 0) is 0 Å². The number of carbonyl (C=O) groups is 1. The third kappa shape index (κ3) is 2.18. The second kappa shape index (κ2) is 5.31. The topological polar surface area (TPSA) is 59.4 Å². The molecule has 2 rings (SSSR count). The number of carbonyl (C=O) groups excluding carboxylic acids is 1. The second-order valence-electron chi connectivity index (χ2n) is 3.67. The predicted molar refractivity (Wildman–Crippen MR) is 67.9 cm³/mol. The van der Waals surface area contributed by atoms with Crippen molar-refractivity contribution >= 4 is 6.29 Å². The summed E-state index contributed by atoms with van der Waals surface area (Å²) >= 11 is 0. The molecule has 4 nitrogen and oxygen atoms in total. The van der Waals surface area contributed by atoms with Crippen LogP contribution < -0.4 is 4.74 Å². The van der Waals surface area contributed by atoms with Crippen LogP contribution in [0.25, 0.3) is 11.1 Å². The van der Waals surface area contributed by atoms with E-state index in [0.29, 0.717) is 24.2 Å². The lowest BCUT2D eigenvalue weighted by Crippen LogP contribution is -1.96. The van der Waals surface area contributed by atoms with E-state index in [1.807, 2.05) is 13.0 Å². The Balaban J connectivity index is 2.56. The smallest absolute Gasteiger partial charge is 0.169 e. The Morgan fingerprint density at radius 3 is 2.83 bits per heavy atom. The van der Waals surface area contributed by atoms with Gasteiger partial charge in [0.25, 0.3) is 0 Å². The van der Waals surface area contributed by atoms with Crippen LogP contribution in [0.5, 0.6) is 11.5 Å². The summed E-state index contributed by atoms with van der Waals surface area (Å²) in [6, 6.07) is 6.99. The molecule has 0 fully saturated rings. The van der Waals surface area contributed by atoms with Gasteiger partial charge in [0.1, 0.15) is 0 Å². The van der Waals surface area contributed by atoms with Gasteiger partial charge in [-0.25, -0.2) is 0 Å². The summed E-state index contributed by atoms with van der Waals surface area (Å²) in [7, 11) is 0. The fraction of sp³-hybridized carbons (Fsp3) is 0.143. The van der Waals surface area contributed by atoms with E-state index >= 15 is 0 Å². The van der Waals surface area contributed by atoms with Crippen LogP contribution in [0, 0.1) is 0 Å². The minimum Gasteiger partial charge on any atom is -0.504 e. The number of nitrogens with zero attached hydrogens (tertiary/aromatic N) is 1. The summed E-state index contributed by atoms with van der Waals surface area (Å²) in [5, 5.41) is 9.99. The highest BCUT2D eigenvalue weighted by atomic mass is 16.5. The number of hydrogen-bond acceptors (Lipinski definition) is 4. The van der Waals surface area contributed by atoms with Crippen LogP contribution in [0.3, 0.4) is 0 Å². The van der Waals surface area contributed by atoms with Crippen LogP contribution in [-0.4, -0.2) is 23.0 Å². The summed E-state index contributed by atoms with van der Waals surface area (Å²) in [6.07, 6.45) is 3.92. The first-order valence-electron chi connectivity index (χ1n) is 5.62. The maximum absolute atomic E-state index is 11.1. The Kier molecular flexibility index (Phi) is 3.57. The van der Waals surface area contributed by atoms with Crippen LogP contribution in [0.4, 0.5) is 0 Å². The first-order chi connectivity index (χ1) is 8.77. The van der Waals surface area contributed by atoms with E-state index in [9.17, 15) is 9.90 Å². The molecule has 1 N–H and O–H groups in total. The maximum Gasteiger partial charge on any atom is 0.169 e. The van der Waals surface area contributed by atoms with Gasteiger partial charge in [0.2, 0.25) is 0 Å². The van der Waals surface area contributed by atoms with Gasteiger partial charge in [0.15, 0.2) is 17.8 Å². The van der Waals surface area contributed by atoms with Crippen LogP contribution in [0.2, 0.25) is 0 Å². The first kappa shape index (κ1) is 12.1. The van der Waals surface area contributed by atoms with Gasteiger partial charge in [-0.3, -0.25) is 9.78 Å². The lowest BCUT2D eigenvalue weighted by molar-refractivity contribution is 0.112. The van der Waals surface area contributed by atoms with Crippen molar-refractivity contribution in [3.63, 3.8) is 0 Å². The van der Waals surface area contributed by atoms with Gasteiger partial charge in [-0.05, 0) is 30.7 Å². The molecule has 0 amide bonds. The molecule has 0 saturated carbocycles. The highest BCUT2D eigenvalue weighted by Crippen LogP contribution is 2.35. The third-order valence-electron chi connectivity index (χ3n) is 2.57. The van der Waals surface area contributed by atoms with E-state index in [1.54, 1.807) is 30.6 Å². The molecule has 0 saturated heterocycles. The first-order valence-corrected chi connectivity index (χ1v) is 5.62. The summed E-state index contributed by atoms with van der Waals surface area (Å²) in [4.78, 5) is 15.1. The molecular weight excluding hydrogens is 230 g/mol. The predicted octanol–water partition coefficient (Wildman–Crippen LogP) is 2.67. The molecule has 2 aromatic rings. The second-order valence-corrected chi connectivity index (χ2v) is 3.67. The van der Waals surface area contributed by atoms with Crippen molar-refractivity contribution in [2.24, 2.45) is 0 Å². The van der Waals surface area contributed by atoms with Crippen molar-refractivity contribution in [2.45, 2.75) is 6.92 Å². The molecule has 0 spiro atoms. The van der Waals surface area contributed by atoms with Gasteiger partial charge in [-0.2, -0.15) is 0 Å². The molecule has 0 aliphatic rings. The average molecular weight is 243 g/mol. The van der Waals surface area contributed by atoms with Gasteiger partial charge in [0, 0.05) is 18.0 Å². The number of aromatic nitrogens is 1. The van der Waals surface area contributed by atoms with Crippen molar-refractivity contribution in [1.29, 1.82) is 0 Å². The quantitative estimate of drug-likeness (QED) is 0.839. The van der Waals surface area contributed by atoms with Crippen LogP contribution >= 0.6 is 0 Å². The number of benzene rings is 1. The summed E-state index contributed by atoms with van der Waals surface area (Å²) in [6.45, 7) is 2.24. The number of aldehydes is 1. The maximum atomic E-state index is 11.1. The lowest BCUT2D eigenvalue weighted by Gasteiger charge is -2.11. The Labute approximate surface area is 105 Å². The minimum atomic E-state index is -0.131. The number of hydrogen-bond donors (Lipinski definition) is 1. The fourth-order valence-electron chi connectivity index (χ4n) is 1.75. The molecule has 0 aliphatic heterocycles. The highest BCUT2D eigenvalue weighted by molar-refractivity contribution is 5.92. The average Bonchev–Trinajstić information content (AvgIpc) is 2.42. The number of phenols is 1. The van der Waals surface area contributed by atoms with Gasteiger partial charge in [0.05, 0.1) is 12.2 Å². The molecule has 0 aliphatic carbocycles. The number of rotatable bonds is 4. The van der Waals surface area contributed by atoms with E-state index < -0.39 is 0 Å². The normalized spacial score (nSPS) is 10.1. The van der Waals surface area contributed by atoms with E-state index in [2.05, 4.69) is 4.98 Å². The molecule has 92 valence electrons. The van der Waals surface area contributed by atoms with Gasteiger partial charge >= 0.3 is 0 Å². The monoisotopic (exact) mass is 243 g/mol. The standard InChI is InChI=1S/C14H13NO3/c1-2-18-13-6-5-11(12(9-16)14(13)17)10-4-3-7-15-8-10/h3-9,17H,2H2,1H3. The number of pyridine rings is 1. The summed E-state index contributed by atoms with van der Waals surface area (Å²) in [5.41, 5.74) is 1.63. The van der Waals surface area contributed by atoms with E-state index in [0.717, 1.165) is 5.56 Å². The van der Waals surface area contributed by atoms with Gasteiger partial charge in [-0.1, -0.05) is 6.07 Å². The molecule has 1 heterocycles. The number of phenolic OH excluding ortho intramolecular Hbond substituents is 1. The van der Waals surface area contributed by atoms with Crippen LogP contribution in [0.15, 0.2) is 36.7 Å². The Morgan fingerprint density at radius 2 is 2.22 bits per heavy atom. The summed E-state index contributed by atoms with van der Waals surface area (Å²) < 4.78 is 5.25. The Morgan fingerprint density at radius 1 is 1.39 bits per heavy atom. The fourth-order valence-corrected chi connectivity index (χ4v) is 1.75. The van der Waals surface area contributed by atoms with Gasteiger partial charge in [-0.15, -0.1) is 0 Å². The molecular formula is C14H13NO3. The lowest BCUT2D eigenvalue weighted by atomic mass is 10.0. The number of aromatic hydroxyl groups is 1. The zero-order chi connectivity index (χ0) is 13.0. The molecule has 1 aromatic carbocycles. The van der Waals surface area contributed by atoms with Crippen molar-refractivity contribution in [2.75, 3.05) is 6.61 Å². The molecule has 0 atom stereocenters. The van der Waals surface area contributed by atoms with Crippen molar-refractivity contribution in [1.82, 2.24) is 4.98 Å². The van der Waals surface area contributed by atoms with E-state index in [1.165, 1.54) is 0 Å². The molecule has 0 bridgehead atoms. The van der Waals surface area contributed by atoms with Gasteiger partial charge < -0.3 is 9.84 Å². The highest BCUT2D eigenvalue weighted by Gasteiger charge is 2.14. The van der Waals surface area contributed by atoms with Crippen molar-refractivity contribution < 1.29 is 14.6 Å². The van der Waals surface area contributed by atoms with Crippen molar-refractivity contribution in [3.8, 4) is 22.6 Å². The Hall–Kier alpha value is -2.36. The summed E-state index contributed by atoms with van der Waals surface area (Å²) in [5.74, 6) is 0.181. The van der Waals surface area contributed by atoms with Crippen LogP contribution in [0.1, 0.15) is 17.3 Å². The number of ether oxygens (including phenoxy) is 1. The molecule has 18 heavy (non-hydrogen) atoms.